The average molecular weight is 221 g/mol. The van der Waals surface area contributed by atoms with Gasteiger partial charge in [-0.15, -0.1) is 0 Å². The number of hydrogen-bond donors (Lipinski definition) is 1. The van der Waals surface area contributed by atoms with E-state index in [4.69, 9.17) is 0 Å². The fourth-order valence-electron chi connectivity index (χ4n) is 1.65. The molecular weight excluding hydrogens is 198 g/mol. The van der Waals surface area contributed by atoms with Crippen molar-refractivity contribution in [1.29, 1.82) is 0 Å². The summed E-state index contributed by atoms with van der Waals surface area (Å²) in [6.07, 6.45) is 7.41. The maximum Gasteiger partial charge on any atom is 0.0562 e. The zero-order valence-corrected chi connectivity index (χ0v) is 10.8. The summed E-state index contributed by atoms with van der Waals surface area (Å²) in [7, 11) is 1.98. The lowest BCUT2D eigenvalue weighted by Gasteiger charge is -2.09. The first-order chi connectivity index (χ1) is 7.67. The molecule has 16 heavy (non-hydrogen) atoms. The quantitative estimate of drug-likeness (QED) is 0.800. The van der Waals surface area contributed by atoms with Crippen LogP contribution in [0.15, 0.2) is 18.0 Å². The van der Waals surface area contributed by atoms with Crippen LogP contribution in [0.4, 0.5) is 0 Å². The molecule has 0 saturated heterocycles. The second kappa shape index (κ2) is 6.48. The molecule has 1 heterocycles. The Morgan fingerprint density at radius 1 is 1.56 bits per heavy atom. The summed E-state index contributed by atoms with van der Waals surface area (Å²) in [6.45, 7) is 8.55. The molecule has 1 N–H and O–H groups in total. The molecule has 3 nitrogen and oxygen atoms in total. The standard InChI is InChI=1S/C13H23N3/c1-5-6-16-10-12(8-15-16)7-13(9-14-4)11(2)3/h7-8,10-11,14H,5-6,9H2,1-4H3/b13-7-. The van der Waals surface area contributed by atoms with Crippen LogP contribution in [0.3, 0.4) is 0 Å². The molecule has 0 fully saturated rings. The first kappa shape index (κ1) is 13.0. The molecule has 0 unspecified atom stereocenters. The van der Waals surface area contributed by atoms with Crippen LogP contribution in [-0.2, 0) is 6.54 Å². The van der Waals surface area contributed by atoms with Crippen LogP contribution in [0.2, 0.25) is 0 Å². The molecule has 0 radical (unpaired) electrons. The van der Waals surface area contributed by atoms with E-state index >= 15 is 0 Å². The minimum absolute atomic E-state index is 0.571. The Morgan fingerprint density at radius 3 is 2.88 bits per heavy atom. The van der Waals surface area contributed by atoms with E-state index in [0.717, 1.165) is 19.5 Å². The highest BCUT2D eigenvalue weighted by Gasteiger charge is 2.03. The van der Waals surface area contributed by atoms with Crippen molar-refractivity contribution in [3.05, 3.63) is 23.5 Å². The normalized spacial score (nSPS) is 12.4. The lowest BCUT2D eigenvalue weighted by molar-refractivity contribution is 0.602. The summed E-state index contributed by atoms with van der Waals surface area (Å²) >= 11 is 0. The maximum atomic E-state index is 4.33. The van der Waals surface area contributed by atoms with E-state index < -0.39 is 0 Å². The highest BCUT2D eigenvalue weighted by molar-refractivity contribution is 5.51. The van der Waals surface area contributed by atoms with Crippen molar-refractivity contribution in [3.63, 3.8) is 0 Å². The summed E-state index contributed by atoms with van der Waals surface area (Å²) < 4.78 is 2.00. The molecule has 0 aromatic carbocycles. The van der Waals surface area contributed by atoms with Crippen LogP contribution >= 0.6 is 0 Å². The number of rotatable bonds is 6. The number of nitrogens with zero attached hydrogens (tertiary/aromatic N) is 2. The van der Waals surface area contributed by atoms with Crippen LogP contribution in [-0.4, -0.2) is 23.4 Å². The lowest BCUT2D eigenvalue weighted by atomic mass is 10.0. The van der Waals surface area contributed by atoms with E-state index in [1.165, 1.54) is 11.1 Å². The van der Waals surface area contributed by atoms with Crippen molar-refractivity contribution in [2.24, 2.45) is 5.92 Å². The van der Waals surface area contributed by atoms with Gasteiger partial charge >= 0.3 is 0 Å². The van der Waals surface area contributed by atoms with Gasteiger partial charge in [0.1, 0.15) is 0 Å². The van der Waals surface area contributed by atoms with E-state index in [0.29, 0.717) is 5.92 Å². The highest BCUT2D eigenvalue weighted by Crippen LogP contribution is 2.13. The molecule has 0 aliphatic heterocycles. The van der Waals surface area contributed by atoms with Crippen molar-refractivity contribution >= 4 is 6.08 Å². The third-order valence-corrected chi connectivity index (χ3v) is 2.58. The third-order valence-electron chi connectivity index (χ3n) is 2.58. The SMILES string of the molecule is CCCn1cc(/C=C(/CNC)C(C)C)cn1. The predicted molar refractivity (Wildman–Crippen MR) is 69.3 cm³/mol. The van der Waals surface area contributed by atoms with E-state index in [2.05, 4.69) is 43.5 Å². The van der Waals surface area contributed by atoms with Gasteiger partial charge in [0.05, 0.1) is 6.20 Å². The summed E-state index contributed by atoms with van der Waals surface area (Å²) in [5, 5.41) is 7.54. The van der Waals surface area contributed by atoms with Crippen LogP contribution < -0.4 is 5.32 Å². The second-order valence-corrected chi connectivity index (χ2v) is 4.44. The van der Waals surface area contributed by atoms with Crippen LogP contribution in [0.5, 0.6) is 0 Å². The Balaban J connectivity index is 2.77. The fourth-order valence-corrected chi connectivity index (χ4v) is 1.65. The molecule has 1 aromatic heterocycles. The molecular formula is C13H23N3. The van der Waals surface area contributed by atoms with Crippen molar-refractivity contribution < 1.29 is 0 Å². The van der Waals surface area contributed by atoms with E-state index in [1.54, 1.807) is 0 Å². The van der Waals surface area contributed by atoms with Crippen molar-refractivity contribution in [3.8, 4) is 0 Å². The molecule has 0 spiro atoms. The summed E-state index contributed by atoms with van der Waals surface area (Å²) in [4.78, 5) is 0. The highest BCUT2D eigenvalue weighted by atomic mass is 15.3. The smallest absolute Gasteiger partial charge is 0.0562 e. The Bertz CT molecular complexity index is 337. The second-order valence-electron chi connectivity index (χ2n) is 4.44. The van der Waals surface area contributed by atoms with Crippen LogP contribution in [0.1, 0.15) is 32.8 Å². The Kier molecular flexibility index (Phi) is 5.26. The van der Waals surface area contributed by atoms with Gasteiger partial charge in [0.2, 0.25) is 0 Å². The Hall–Kier alpha value is -1.09. The Labute approximate surface area is 98.5 Å². The van der Waals surface area contributed by atoms with Crippen molar-refractivity contribution in [1.82, 2.24) is 15.1 Å². The van der Waals surface area contributed by atoms with Gasteiger partial charge < -0.3 is 5.32 Å². The number of nitrogens with one attached hydrogen (secondary N) is 1. The average Bonchev–Trinajstić information content (AvgIpc) is 2.65. The topological polar surface area (TPSA) is 29.9 Å². The molecule has 90 valence electrons. The minimum Gasteiger partial charge on any atom is -0.316 e. The molecule has 0 amide bonds. The Morgan fingerprint density at radius 2 is 2.31 bits per heavy atom. The third kappa shape index (κ3) is 3.81. The van der Waals surface area contributed by atoms with E-state index in [-0.39, 0.29) is 0 Å². The van der Waals surface area contributed by atoms with Gasteiger partial charge in [0.15, 0.2) is 0 Å². The van der Waals surface area contributed by atoms with Gasteiger partial charge in [-0.05, 0) is 19.4 Å². The largest absolute Gasteiger partial charge is 0.316 e. The fraction of sp³-hybridized carbons (Fsp3) is 0.615. The van der Waals surface area contributed by atoms with E-state index in [9.17, 15) is 0 Å². The molecule has 1 rings (SSSR count). The molecule has 1 aromatic rings. The lowest BCUT2D eigenvalue weighted by Crippen LogP contribution is -2.13. The monoisotopic (exact) mass is 221 g/mol. The van der Waals surface area contributed by atoms with Crippen LogP contribution in [0.25, 0.3) is 6.08 Å². The number of aromatic nitrogens is 2. The van der Waals surface area contributed by atoms with Gasteiger partial charge in [0, 0.05) is 24.8 Å². The zero-order valence-electron chi connectivity index (χ0n) is 10.8. The molecule has 0 atom stereocenters. The molecule has 0 aliphatic carbocycles. The number of aryl methyl sites for hydroxylation is 1. The molecule has 0 aliphatic rings. The first-order valence-electron chi connectivity index (χ1n) is 6.04. The van der Waals surface area contributed by atoms with Gasteiger partial charge in [-0.2, -0.15) is 5.10 Å². The van der Waals surface area contributed by atoms with Gasteiger partial charge in [-0.25, -0.2) is 0 Å². The summed E-state index contributed by atoms with van der Waals surface area (Å²) in [5.74, 6) is 0.571. The predicted octanol–water partition coefficient (Wildman–Crippen LogP) is 2.55. The molecule has 0 bridgehead atoms. The summed E-state index contributed by atoms with van der Waals surface area (Å²) in [6, 6.07) is 0. The van der Waals surface area contributed by atoms with E-state index in [1.807, 2.05) is 17.9 Å². The molecule has 0 saturated carbocycles. The molecule has 3 heteroatoms. The van der Waals surface area contributed by atoms with Crippen molar-refractivity contribution in [2.45, 2.75) is 33.7 Å². The summed E-state index contributed by atoms with van der Waals surface area (Å²) in [5.41, 5.74) is 2.62. The minimum atomic E-state index is 0.571. The zero-order chi connectivity index (χ0) is 12.0. The van der Waals surface area contributed by atoms with Crippen molar-refractivity contribution in [2.75, 3.05) is 13.6 Å². The van der Waals surface area contributed by atoms with Gasteiger partial charge in [-0.3, -0.25) is 4.68 Å². The van der Waals surface area contributed by atoms with Gasteiger partial charge in [-0.1, -0.05) is 32.4 Å². The number of likely N-dealkylation sites (N-methyl/N-ethyl adjacent to an activating group) is 1. The van der Waals surface area contributed by atoms with Gasteiger partial charge in [0.25, 0.3) is 0 Å². The number of hydrogen-bond acceptors (Lipinski definition) is 2. The van der Waals surface area contributed by atoms with Crippen LogP contribution in [0, 0.1) is 5.92 Å². The maximum absolute atomic E-state index is 4.33. The first-order valence-corrected chi connectivity index (χ1v) is 6.04.